The topological polar surface area (TPSA) is 111 Å². The van der Waals surface area contributed by atoms with Gasteiger partial charge in [0.25, 0.3) is 0 Å². The Bertz CT molecular complexity index is 1620. The molecule has 0 N–H and O–H groups in total. The van der Waals surface area contributed by atoms with Gasteiger partial charge in [-0.1, -0.05) is 72.8 Å². The minimum Gasteiger partial charge on any atom is -0.491 e. The minimum absolute atomic E-state index is 0.383. The lowest BCUT2D eigenvalue weighted by molar-refractivity contribution is -0.00706. The van der Waals surface area contributed by atoms with Crippen molar-refractivity contribution in [2.24, 2.45) is 0 Å². The van der Waals surface area contributed by atoms with Gasteiger partial charge in [-0.3, -0.25) is 0 Å². The molecule has 0 aromatic heterocycles. The normalized spacial score (nSPS) is 19.1. The van der Waals surface area contributed by atoms with Crippen LogP contribution in [0.2, 0.25) is 0 Å². The average Bonchev–Trinajstić information content (AvgIpc) is 3.25. The van der Waals surface area contributed by atoms with Gasteiger partial charge in [0.2, 0.25) is 0 Å². The van der Waals surface area contributed by atoms with Crippen molar-refractivity contribution in [1.82, 2.24) is 0 Å². The van der Waals surface area contributed by atoms with Crippen LogP contribution in [0.4, 0.5) is 0 Å². The number of benzene rings is 4. The van der Waals surface area contributed by atoms with E-state index in [9.17, 15) is 0 Å². The summed E-state index contributed by atoms with van der Waals surface area (Å²) < 4.78 is 73.3. The molecule has 1 aliphatic carbocycles. The predicted octanol–water partition coefficient (Wildman–Crippen LogP) is 6.04. The molecule has 60 heavy (non-hydrogen) atoms. The second-order valence-corrected chi connectivity index (χ2v) is 14.6. The quantitative estimate of drug-likeness (QED) is 0.182. The van der Waals surface area contributed by atoms with Crippen LogP contribution in [-0.2, 0) is 63.6 Å². The van der Waals surface area contributed by atoms with Gasteiger partial charge in [-0.15, -0.1) is 0 Å². The highest BCUT2D eigenvalue weighted by Crippen LogP contribution is 2.39. The average molecular weight is 829 g/mol. The molecule has 0 fully saturated rings. The van der Waals surface area contributed by atoms with E-state index in [2.05, 4.69) is 72.8 Å². The van der Waals surface area contributed by atoms with Crippen molar-refractivity contribution in [1.29, 1.82) is 0 Å². The summed E-state index contributed by atoms with van der Waals surface area (Å²) in [4.78, 5) is 0. The van der Waals surface area contributed by atoms with Gasteiger partial charge in [0.1, 0.15) is 49.4 Å². The first kappa shape index (κ1) is 43.8. The van der Waals surface area contributed by atoms with Crippen molar-refractivity contribution in [3.63, 3.8) is 0 Å². The van der Waals surface area contributed by atoms with Crippen LogP contribution in [0.1, 0.15) is 44.5 Å². The summed E-state index contributed by atoms with van der Waals surface area (Å²) in [6, 6.07) is 25.6. The molecule has 0 saturated carbocycles. The Balaban J connectivity index is 1.30. The molecule has 12 nitrogen and oxygen atoms in total. The largest absolute Gasteiger partial charge is 0.491 e. The van der Waals surface area contributed by atoms with Gasteiger partial charge < -0.3 is 56.8 Å². The molecular weight excluding hydrogens is 769 g/mol. The van der Waals surface area contributed by atoms with Gasteiger partial charge in [-0.05, 0) is 44.5 Å². The van der Waals surface area contributed by atoms with E-state index in [4.69, 9.17) is 56.8 Å². The number of para-hydroxylation sites is 4. The molecule has 2 heterocycles. The molecule has 12 bridgehead atoms. The van der Waals surface area contributed by atoms with Crippen LogP contribution in [0.15, 0.2) is 72.8 Å². The Kier molecular flexibility index (Phi) is 18.2. The van der Waals surface area contributed by atoms with Crippen LogP contribution < -0.4 is 18.9 Å². The molecule has 0 saturated heterocycles. The van der Waals surface area contributed by atoms with E-state index in [1.54, 1.807) is 0 Å². The van der Waals surface area contributed by atoms with Gasteiger partial charge in [0, 0.05) is 25.7 Å². The third-order valence-electron chi connectivity index (χ3n) is 10.4. The molecule has 0 radical (unpaired) electrons. The molecule has 324 valence electrons. The Morgan fingerprint density at radius 1 is 0.200 bits per heavy atom. The van der Waals surface area contributed by atoms with Crippen molar-refractivity contribution >= 4 is 0 Å². The van der Waals surface area contributed by atoms with Gasteiger partial charge in [0.05, 0.1) is 106 Å². The maximum absolute atomic E-state index is 6.70. The molecule has 7 rings (SSSR count). The summed E-state index contributed by atoms with van der Waals surface area (Å²) in [5.41, 5.74) is 8.43. The molecule has 3 aliphatic rings. The molecule has 0 spiro atoms. The minimum atomic E-state index is 0.383. The summed E-state index contributed by atoms with van der Waals surface area (Å²) in [7, 11) is 0. The molecule has 0 atom stereocenters. The van der Waals surface area contributed by atoms with Crippen LogP contribution >= 0.6 is 0 Å². The zero-order chi connectivity index (χ0) is 40.9. The predicted molar refractivity (Wildman–Crippen MR) is 226 cm³/mol. The first-order valence-corrected chi connectivity index (χ1v) is 21.4. The number of ether oxygens (including phenoxy) is 12. The summed E-state index contributed by atoms with van der Waals surface area (Å²) >= 11 is 0. The van der Waals surface area contributed by atoms with Gasteiger partial charge >= 0.3 is 0 Å². The number of hydrogen-bond donors (Lipinski definition) is 0. The Labute approximate surface area is 354 Å². The fourth-order valence-electron chi connectivity index (χ4n) is 7.56. The van der Waals surface area contributed by atoms with Crippen molar-refractivity contribution < 1.29 is 56.8 Å². The van der Waals surface area contributed by atoms with E-state index in [0.717, 1.165) is 67.5 Å². The van der Waals surface area contributed by atoms with E-state index in [0.29, 0.717) is 158 Å². The molecular formula is C48H60O12. The van der Waals surface area contributed by atoms with E-state index in [1.165, 1.54) is 0 Å². The molecule has 4 aromatic carbocycles. The number of hydrogen-bond acceptors (Lipinski definition) is 12. The first-order chi connectivity index (χ1) is 29.8. The van der Waals surface area contributed by atoms with Crippen LogP contribution in [-0.4, -0.2) is 132 Å². The summed E-state index contributed by atoms with van der Waals surface area (Å²) in [6.45, 7) is 9.00. The molecule has 0 amide bonds. The lowest BCUT2D eigenvalue weighted by atomic mass is 9.91. The van der Waals surface area contributed by atoms with Gasteiger partial charge in [0.15, 0.2) is 0 Å². The maximum Gasteiger partial charge on any atom is 0.126 e. The maximum atomic E-state index is 6.70. The van der Waals surface area contributed by atoms with E-state index in [1.807, 2.05) is 0 Å². The molecule has 2 aliphatic heterocycles. The van der Waals surface area contributed by atoms with Crippen LogP contribution in [0.25, 0.3) is 0 Å². The SMILES string of the molecule is c1cc2c3c(c1)Cc1cccc4c1OCCOCCOCCOCCOCCOc1c(cccc1Cc1cccc(c1OCCOCCOCCOCCOCCO3)C2)C4. The van der Waals surface area contributed by atoms with Crippen molar-refractivity contribution in [2.45, 2.75) is 25.7 Å². The number of rotatable bonds is 0. The monoisotopic (exact) mass is 828 g/mol. The molecule has 4 aromatic rings. The fourth-order valence-corrected chi connectivity index (χ4v) is 7.56. The van der Waals surface area contributed by atoms with Crippen LogP contribution in [0.5, 0.6) is 23.0 Å². The smallest absolute Gasteiger partial charge is 0.126 e. The summed E-state index contributed by atoms with van der Waals surface area (Å²) in [6.07, 6.45) is 2.35. The van der Waals surface area contributed by atoms with Crippen molar-refractivity contribution in [2.75, 3.05) is 132 Å². The molecule has 12 heteroatoms. The van der Waals surface area contributed by atoms with Gasteiger partial charge in [-0.25, -0.2) is 0 Å². The Morgan fingerprint density at radius 2 is 0.350 bits per heavy atom. The first-order valence-electron chi connectivity index (χ1n) is 21.4. The lowest BCUT2D eigenvalue weighted by Crippen LogP contribution is -2.15. The van der Waals surface area contributed by atoms with E-state index >= 15 is 0 Å². The van der Waals surface area contributed by atoms with Crippen LogP contribution in [0, 0.1) is 0 Å². The second-order valence-electron chi connectivity index (χ2n) is 14.6. The zero-order valence-electron chi connectivity index (χ0n) is 34.8. The highest BCUT2D eigenvalue weighted by atomic mass is 16.6. The zero-order valence-corrected chi connectivity index (χ0v) is 34.8. The fraction of sp³-hybridized carbons (Fsp3) is 0.500. The Hall–Kier alpha value is -4.24. The summed E-state index contributed by atoms with van der Waals surface area (Å²) in [5.74, 6) is 3.35. The van der Waals surface area contributed by atoms with Gasteiger partial charge in [-0.2, -0.15) is 0 Å². The van der Waals surface area contributed by atoms with Crippen molar-refractivity contribution in [3.8, 4) is 23.0 Å². The standard InChI is InChI=1S/C48H60O12/c1-5-37-33-38-6-2-11-43-36-44-12-4-8-40-34-39-7-3-10-42(47(39)59-31-27-55-23-19-51-15-16-52-20-24-56-28-32-60-48(40)44)35-41(9-1)45(37)57-29-25-53-21-17-49-13-14-50-18-22-54-26-30-58-46(38)43/h1-12H,13-36H2. The van der Waals surface area contributed by atoms with Crippen molar-refractivity contribution in [3.05, 3.63) is 117 Å². The highest BCUT2D eigenvalue weighted by molar-refractivity contribution is 5.56. The lowest BCUT2D eigenvalue weighted by Gasteiger charge is -2.23. The van der Waals surface area contributed by atoms with Crippen LogP contribution in [0.3, 0.4) is 0 Å². The summed E-state index contributed by atoms with van der Waals surface area (Å²) in [5, 5.41) is 0. The third kappa shape index (κ3) is 13.4. The van der Waals surface area contributed by atoms with E-state index < -0.39 is 0 Å². The Morgan fingerprint density at radius 3 is 0.517 bits per heavy atom. The highest BCUT2D eigenvalue weighted by Gasteiger charge is 2.22. The molecule has 0 unspecified atom stereocenters. The van der Waals surface area contributed by atoms with E-state index in [-0.39, 0.29) is 0 Å². The third-order valence-corrected chi connectivity index (χ3v) is 10.4. The second kappa shape index (κ2) is 24.9.